The number of aryl methyl sites for hydroxylation is 1. The Morgan fingerprint density at radius 2 is 1.67 bits per heavy atom. The summed E-state index contributed by atoms with van der Waals surface area (Å²) in [6, 6.07) is 13.9. The van der Waals surface area contributed by atoms with E-state index in [-0.39, 0.29) is 54.2 Å². The Morgan fingerprint density at radius 3 is 2.28 bits per heavy atom. The van der Waals surface area contributed by atoms with Crippen LogP contribution in [0.4, 0.5) is 29.3 Å². The summed E-state index contributed by atoms with van der Waals surface area (Å²) in [4.78, 5) is 27.8. The van der Waals surface area contributed by atoms with E-state index < -0.39 is 39.9 Å². The number of ether oxygens (including phenoxy) is 1. The average Bonchev–Trinajstić information content (AvgIpc) is 3.04. The van der Waals surface area contributed by atoms with Crippen molar-refractivity contribution in [3.8, 4) is 5.75 Å². The topological polar surface area (TPSA) is 128 Å². The third-order valence-electron chi connectivity index (χ3n) is 7.81. The Kier molecular flexibility index (Phi) is 10.6. The number of hydrogen-bond donors (Lipinski definition) is 3. The summed E-state index contributed by atoms with van der Waals surface area (Å²) in [5.41, 5.74) is 0.902. The fourth-order valence-electron chi connectivity index (χ4n) is 5.00. The predicted molar refractivity (Wildman–Crippen MR) is 167 cm³/mol. The number of likely N-dealkylation sites (N-methyl/N-ethyl adjacent to an activating group) is 1. The third kappa shape index (κ3) is 8.36. The minimum absolute atomic E-state index is 0.0398. The molecule has 3 atom stereocenters. The van der Waals surface area contributed by atoms with Crippen molar-refractivity contribution in [2.45, 2.75) is 50.4 Å². The van der Waals surface area contributed by atoms with Gasteiger partial charge in [0.2, 0.25) is 15.9 Å². The van der Waals surface area contributed by atoms with Crippen molar-refractivity contribution in [3.05, 3.63) is 83.4 Å². The van der Waals surface area contributed by atoms with Crippen molar-refractivity contribution in [2.24, 2.45) is 5.92 Å². The maximum absolute atomic E-state index is 13.5. The van der Waals surface area contributed by atoms with Crippen LogP contribution >= 0.6 is 0 Å². The molecule has 3 amide bonds. The first-order chi connectivity index (χ1) is 21.6. The zero-order valence-electron chi connectivity index (χ0n) is 25.8. The standard InChI is InChI=1S/C32H37F3N4O6S/c1-20-5-12-27(13-6-20)46(43,44)38(4)18-29-21(2)17-39(22(3)19-40)30(41)16-23-15-26(11-14-28(23)45-29)37-31(42)36-25-9-7-24(8-10-25)32(33,34)35/h5-15,21-22,29,40H,16-19H2,1-4H3,(H2,36,37,42)/t21-,22+,29+/m0/s1. The van der Waals surface area contributed by atoms with Crippen LogP contribution in [-0.4, -0.2) is 73.6 Å². The lowest BCUT2D eigenvalue weighted by molar-refractivity contribution is -0.137. The van der Waals surface area contributed by atoms with E-state index in [0.29, 0.717) is 11.3 Å². The molecule has 46 heavy (non-hydrogen) atoms. The van der Waals surface area contributed by atoms with Gasteiger partial charge in [-0.05, 0) is 68.4 Å². The largest absolute Gasteiger partial charge is 0.488 e. The molecule has 1 aliphatic rings. The van der Waals surface area contributed by atoms with Gasteiger partial charge in [0.25, 0.3) is 0 Å². The number of halogens is 3. The molecule has 3 N–H and O–H groups in total. The Morgan fingerprint density at radius 1 is 1.07 bits per heavy atom. The van der Waals surface area contributed by atoms with E-state index in [2.05, 4.69) is 10.6 Å². The number of nitrogens with zero attached hydrogens (tertiary/aromatic N) is 2. The van der Waals surface area contributed by atoms with Crippen LogP contribution in [0.1, 0.15) is 30.5 Å². The summed E-state index contributed by atoms with van der Waals surface area (Å²) in [5.74, 6) is -0.337. The number of carbonyl (C=O) groups is 2. The number of alkyl halides is 3. The second-order valence-corrected chi connectivity index (χ2v) is 13.5. The number of benzene rings is 3. The maximum Gasteiger partial charge on any atom is 0.416 e. The highest BCUT2D eigenvalue weighted by Crippen LogP contribution is 2.31. The van der Waals surface area contributed by atoms with Crippen LogP contribution in [-0.2, 0) is 27.4 Å². The smallest absolute Gasteiger partial charge is 0.416 e. The first-order valence-corrected chi connectivity index (χ1v) is 16.0. The molecular formula is C32H37F3N4O6S. The number of amides is 3. The van der Waals surface area contributed by atoms with Crippen LogP contribution < -0.4 is 15.4 Å². The molecule has 1 aliphatic heterocycles. The summed E-state index contributed by atoms with van der Waals surface area (Å²) in [6.45, 7) is 5.27. The number of carbonyl (C=O) groups excluding carboxylic acids is 2. The van der Waals surface area contributed by atoms with E-state index in [1.165, 1.54) is 34.5 Å². The monoisotopic (exact) mass is 662 g/mol. The lowest BCUT2D eigenvalue weighted by Gasteiger charge is -2.33. The molecule has 3 aromatic carbocycles. The van der Waals surface area contributed by atoms with Gasteiger partial charge < -0.3 is 25.4 Å². The van der Waals surface area contributed by atoms with Gasteiger partial charge in [-0.1, -0.05) is 24.6 Å². The van der Waals surface area contributed by atoms with Gasteiger partial charge in [-0.2, -0.15) is 17.5 Å². The van der Waals surface area contributed by atoms with Crippen LogP contribution in [0.25, 0.3) is 0 Å². The van der Waals surface area contributed by atoms with Gasteiger partial charge in [0.05, 0.1) is 36.1 Å². The fourth-order valence-corrected chi connectivity index (χ4v) is 6.19. The van der Waals surface area contributed by atoms with Crippen molar-refractivity contribution in [3.63, 3.8) is 0 Å². The minimum atomic E-state index is -4.51. The number of anilines is 2. The Hall–Kier alpha value is -4.14. The molecule has 0 spiro atoms. The predicted octanol–water partition coefficient (Wildman–Crippen LogP) is 5.13. The molecular weight excluding hydrogens is 625 g/mol. The molecule has 1 heterocycles. The molecule has 0 bridgehead atoms. The minimum Gasteiger partial charge on any atom is -0.488 e. The van der Waals surface area contributed by atoms with Gasteiger partial charge in [0.15, 0.2) is 0 Å². The van der Waals surface area contributed by atoms with Crippen molar-refractivity contribution in [1.82, 2.24) is 9.21 Å². The fraction of sp³-hybridized carbons (Fsp3) is 0.375. The molecule has 0 saturated heterocycles. The molecule has 248 valence electrons. The average molecular weight is 663 g/mol. The molecule has 14 heteroatoms. The van der Waals surface area contributed by atoms with Crippen molar-refractivity contribution in [2.75, 3.05) is 37.4 Å². The van der Waals surface area contributed by atoms with Crippen LogP contribution in [0.2, 0.25) is 0 Å². The summed E-state index contributed by atoms with van der Waals surface area (Å²) in [6.07, 6.45) is -5.34. The number of hydrogen-bond acceptors (Lipinski definition) is 6. The van der Waals surface area contributed by atoms with Gasteiger partial charge in [-0.15, -0.1) is 0 Å². The second-order valence-electron chi connectivity index (χ2n) is 11.5. The molecule has 3 aromatic rings. The van der Waals surface area contributed by atoms with Gasteiger partial charge in [-0.25, -0.2) is 13.2 Å². The van der Waals surface area contributed by atoms with Crippen LogP contribution in [0.15, 0.2) is 71.6 Å². The zero-order chi connectivity index (χ0) is 33.8. The molecule has 0 fully saturated rings. The quantitative estimate of drug-likeness (QED) is 0.307. The van der Waals surface area contributed by atoms with E-state index in [0.717, 1.165) is 29.8 Å². The third-order valence-corrected chi connectivity index (χ3v) is 9.65. The number of fused-ring (bicyclic) bond motifs is 1. The van der Waals surface area contributed by atoms with E-state index >= 15 is 0 Å². The Bertz CT molecular complexity index is 1650. The molecule has 10 nitrogen and oxygen atoms in total. The number of urea groups is 1. The molecule has 0 saturated carbocycles. The Labute approximate surface area is 266 Å². The zero-order valence-corrected chi connectivity index (χ0v) is 26.7. The van der Waals surface area contributed by atoms with E-state index in [4.69, 9.17) is 4.74 Å². The molecule has 0 aliphatic carbocycles. The molecule has 0 radical (unpaired) electrons. The molecule has 0 aromatic heterocycles. The normalized spacial score (nSPS) is 18.1. The van der Waals surface area contributed by atoms with Crippen molar-refractivity contribution in [1.29, 1.82) is 0 Å². The summed E-state index contributed by atoms with van der Waals surface area (Å²) in [7, 11) is -2.41. The SMILES string of the molecule is Cc1ccc(S(=O)(=O)N(C)C[C@H]2Oc3ccc(NC(=O)Nc4ccc(C(F)(F)F)cc4)cc3CC(=O)N([C@H](C)CO)C[C@@H]2C)cc1. The lowest BCUT2D eigenvalue weighted by atomic mass is 10.0. The van der Waals surface area contributed by atoms with E-state index in [1.54, 1.807) is 31.2 Å². The van der Waals surface area contributed by atoms with Gasteiger partial charge in [0.1, 0.15) is 11.9 Å². The highest BCUT2D eigenvalue weighted by atomic mass is 32.2. The number of nitrogens with one attached hydrogen (secondary N) is 2. The highest BCUT2D eigenvalue weighted by Gasteiger charge is 2.34. The first kappa shape index (κ1) is 34.7. The molecule has 4 rings (SSSR count). The van der Waals surface area contributed by atoms with E-state index in [1.807, 2.05) is 13.8 Å². The summed E-state index contributed by atoms with van der Waals surface area (Å²) in [5, 5.41) is 15.0. The van der Waals surface area contributed by atoms with Crippen molar-refractivity contribution < 1.29 is 41.0 Å². The Balaban J connectivity index is 1.58. The van der Waals surface area contributed by atoms with Gasteiger partial charge in [0, 0.05) is 36.4 Å². The van der Waals surface area contributed by atoms with Gasteiger partial charge in [-0.3, -0.25) is 4.79 Å². The number of aliphatic hydroxyl groups is 1. The van der Waals surface area contributed by atoms with Crippen LogP contribution in [0, 0.1) is 12.8 Å². The lowest BCUT2D eigenvalue weighted by Crippen LogP contribution is -2.48. The highest BCUT2D eigenvalue weighted by molar-refractivity contribution is 7.89. The number of sulfonamides is 1. The van der Waals surface area contributed by atoms with Gasteiger partial charge >= 0.3 is 12.2 Å². The number of aliphatic hydroxyl groups excluding tert-OH is 1. The maximum atomic E-state index is 13.5. The van der Waals surface area contributed by atoms with Crippen molar-refractivity contribution >= 4 is 33.3 Å². The first-order valence-electron chi connectivity index (χ1n) is 14.6. The van der Waals surface area contributed by atoms with Crippen LogP contribution in [0.3, 0.4) is 0 Å². The summed E-state index contributed by atoms with van der Waals surface area (Å²) >= 11 is 0. The van der Waals surface area contributed by atoms with E-state index in [9.17, 15) is 36.3 Å². The van der Waals surface area contributed by atoms with Crippen LogP contribution in [0.5, 0.6) is 5.75 Å². The summed E-state index contributed by atoms with van der Waals surface area (Å²) < 4.78 is 73.0. The second kappa shape index (κ2) is 14.1. The molecule has 0 unspecified atom stereocenters. The number of rotatable bonds is 8.